The predicted octanol–water partition coefficient (Wildman–Crippen LogP) is 3.74. The Bertz CT molecular complexity index is 1050. The third-order valence-corrected chi connectivity index (χ3v) is 4.63. The molecule has 1 aromatic carbocycles. The first-order valence-electron chi connectivity index (χ1n) is 6.97. The van der Waals surface area contributed by atoms with Gasteiger partial charge in [0.2, 0.25) is 5.88 Å². The summed E-state index contributed by atoms with van der Waals surface area (Å²) in [4.78, 5) is 3.95. The molecule has 0 saturated carbocycles. The van der Waals surface area contributed by atoms with Crippen LogP contribution < -0.4 is 0 Å². The molecule has 0 amide bonds. The fraction of sp³-hybridized carbons (Fsp3) is 0.0625. The monoisotopic (exact) mass is 344 g/mol. The highest BCUT2D eigenvalue weighted by Crippen LogP contribution is 2.37. The van der Waals surface area contributed by atoms with E-state index in [0.717, 1.165) is 22.2 Å². The van der Waals surface area contributed by atoms with Gasteiger partial charge < -0.3 is 9.67 Å². The minimum Gasteiger partial charge on any atom is -0.493 e. The Morgan fingerprint density at radius 3 is 2.42 bits per heavy atom. The molecule has 0 radical (unpaired) electrons. The lowest BCUT2D eigenvalue weighted by molar-refractivity contribution is 0.456. The number of thiophene rings is 1. The van der Waals surface area contributed by atoms with Crippen LogP contribution >= 0.6 is 11.3 Å². The van der Waals surface area contributed by atoms with Crippen molar-refractivity contribution >= 4 is 21.4 Å². The molecule has 0 aliphatic heterocycles. The molecule has 0 spiro atoms. The Kier molecular flexibility index (Phi) is 3.27. The molecule has 0 aliphatic rings. The second-order valence-electron chi connectivity index (χ2n) is 5.16. The Morgan fingerprint density at radius 1 is 1.04 bits per heavy atom. The maximum Gasteiger partial charge on any atom is 0.222 e. The number of rotatable bonds is 2. The second-order valence-corrected chi connectivity index (χ2v) is 6.11. The number of hydrogen-bond donors (Lipinski definition) is 1. The Labute approximate surface area is 138 Å². The van der Waals surface area contributed by atoms with Crippen molar-refractivity contribution in [2.75, 3.05) is 0 Å². The second kappa shape index (κ2) is 5.34. The van der Waals surface area contributed by atoms with Gasteiger partial charge in [-0.15, -0.1) is 21.5 Å². The highest BCUT2D eigenvalue weighted by atomic mass is 32.1. The van der Waals surface area contributed by atoms with Gasteiger partial charge in [-0.1, -0.05) is 6.07 Å². The molecule has 0 fully saturated rings. The van der Waals surface area contributed by atoms with Crippen molar-refractivity contribution in [3.8, 4) is 28.7 Å². The van der Waals surface area contributed by atoms with E-state index in [0.29, 0.717) is 5.56 Å². The molecule has 0 unspecified atom stereocenters. The largest absolute Gasteiger partial charge is 0.493 e. The molecule has 3 heterocycles. The Hall–Kier alpha value is -2.87. The average molecular weight is 344 g/mol. The summed E-state index contributed by atoms with van der Waals surface area (Å²) in [5.74, 6) is -1.35. The fourth-order valence-corrected chi connectivity index (χ4v) is 3.39. The number of fused-ring (bicyclic) bond motifs is 1. The zero-order chi connectivity index (χ0) is 16.8. The molecule has 120 valence electrons. The summed E-state index contributed by atoms with van der Waals surface area (Å²) in [6.07, 6.45) is 1.56. The van der Waals surface area contributed by atoms with Crippen LogP contribution in [-0.2, 0) is 7.05 Å². The number of nitrogens with zero attached hydrogens (tertiary/aromatic N) is 4. The SMILES string of the molecule is Cn1c(-c2c(F)cccc2F)nnc1-c1c(O)ncc2sccc12. The van der Waals surface area contributed by atoms with Crippen LogP contribution in [0.2, 0.25) is 0 Å². The summed E-state index contributed by atoms with van der Waals surface area (Å²) in [6, 6.07) is 5.43. The summed E-state index contributed by atoms with van der Waals surface area (Å²) in [5.41, 5.74) is 0.121. The van der Waals surface area contributed by atoms with Gasteiger partial charge in [-0.25, -0.2) is 13.8 Å². The van der Waals surface area contributed by atoms with Crippen molar-refractivity contribution in [2.24, 2.45) is 7.05 Å². The van der Waals surface area contributed by atoms with Gasteiger partial charge in [-0.2, -0.15) is 0 Å². The molecular formula is C16H10F2N4OS. The smallest absolute Gasteiger partial charge is 0.222 e. The molecule has 4 aromatic rings. The zero-order valence-electron chi connectivity index (χ0n) is 12.4. The van der Waals surface area contributed by atoms with Crippen molar-refractivity contribution in [3.05, 3.63) is 47.5 Å². The van der Waals surface area contributed by atoms with Crippen LogP contribution in [0, 0.1) is 11.6 Å². The standard InChI is InChI=1S/C16H10F2N4OS/c1-22-14(12-8-5-6-24-11(8)7-19-16(12)23)20-21-15(22)13-9(17)3-2-4-10(13)18/h2-7H,1H3,(H,19,23). The van der Waals surface area contributed by atoms with Gasteiger partial charge in [0.1, 0.15) is 11.6 Å². The lowest BCUT2D eigenvalue weighted by Crippen LogP contribution is -2.00. The molecule has 0 saturated heterocycles. The van der Waals surface area contributed by atoms with Gasteiger partial charge in [0, 0.05) is 18.6 Å². The maximum atomic E-state index is 14.0. The van der Waals surface area contributed by atoms with E-state index in [1.54, 1.807) is 13.2 Å². The van der Waals surface area contributed by atoms with Crippen molar-refractivity contribution in [3.63, 3.8) is 0 Å². The first kappa shape index (κ1) is 14.7. The van der Waals surface area contributed by atoms with E-state index < -0.39 is 11.6 Å². The van der Waals surface area contributed by atoms with Gasteiger partial charge >= 0.3 is 0 Å². The van der Waals surface area contributed by atoms with E-state index >= 15 is 0 Å². The molecule has 8 heteroatoms. The number of pyridine rings is 1. The van der Waals surface area contributed by atoms with Crippen LogP contribution in [0.4, 0.5) is 8.78 Å². The zero-order valence-corrected chi connectivity index (χ0v) is 13.2. The van der Waals surface area contributed by atoms with E-state index in [1.165, 1.54) is 22.0 Å². The minimum atomic E-state index is -0.729. The molecular weight excluding hydrogens is 334 g/mol. The van der Waals surface area contributed by atoms with Crippen molar-refractivity contribution in [1.29, 1.82) is 0 Å². The molecule has 0 aliphatic carbocycles. The van der Waals surface area contributed by atoms with Crippen LogP contribution in [0.15, 0.2) is 35.8 Å². The number of aromatic hydroxyl groups is 1. The van der Waals surface area contributed by atoms with Gasteiger partial charge in [0.05, 0.1) is 15.8 Å². The fourth-order valence-electron chi connectivity index (χ4n) is 2.63. The van der Waals surface area contributed by atoms with Gasteiger partial charge in [-0.05, 0) is 23.6 Å². The van der Waals surface area contributed by atoms with Crippen LogP contribution in [0.3, 0.4) is 0 Å². The van der Waals surface area contributed by atoms with E-state index in [-0.39, 0.29) is 23.1 Å². The third kappa shape index (κ3) is 2.07. The lowest BCUT2D eigenvalue weighted by Gasteiger charge is -2.08. The average Bonchev–Trinajstić information content (AvgIpc) is 3.15. The normalized spacial score (nSPS) is 11.3. The van der Waals surface area contributed by atoms with E-state index in [4.69, 9.17) is 0 Å². The van der Waals surface area contributed by atoms with Gasteiger partial charge in [0.15, 0.2) is 11.6 Å². The number of hydrogen-bond acceptors (Lipinski definition) is 5. The van der Waals surface area contributed by atoms with E-state index in [1.807, 2.05) is 11.4 Å². The predicted molar refractivity (Wildman–Crippen MR) is 86.6 cm³/mol. The maximum absolute atomic E-state index is 14.0. The third-order valence-electron chi connectivity index (χ3n) is 3.78. The van der Waals surface area contributed by atoms with Crippen molar-refractivity contribution in [1.82, 2.24) is 19.7 Å². The summed E-state index contributed by atoms with van der Waals surface area (Å²) < 4.78 is 30.4. The topological polar surface area (TPSA) is 63.8 Å². The highest BCUT2D eigenvalue weighted by molar-refractivity contribution is 7.17. The summed E-state index contributed by atoms with van der Waals surface area (Å²) >= 11 is 1.47. The van der Waals surface area contributed by atoms with Crippen LogP contribution in [0.1, 0.15) is 0 Å². The highest BCUT2D eigenvalue weighted by Gasteiger charge is 2.22. The first-order valence-corrected chi connectivity index (χ1v) is 7.85. The number of halogens is 2. The molecule has 5 nitrogen and oxygen atoms in total. The van der Waals surface area contributed by atoms with Crippen molar-refractivity contribution in [2.45, 2.75) is 0 Å². The quantitative estimate of drug-likeness (QED) is 0.602. The summed E-state index contributed by atoms with van der Waals surface area (Å²) in [6.45, 7) is 0. The Balaban J connectivity index is 1.98. The molecule has 0 atom stereocenters. The number of aromatic nitrogens is 4. The first-order chi connectivity index (χ1) is 11.6. The van der Waals surface area contributed by atoms with Crippen LogP contribution in [0.5, 0.6) is 5.88 Å². The van der Waals surface area contributed by atoms with Gasteiger partial charge in [0.25, 0.3) is 0 Å². The minimum absolute atomic E-state index is 0.0345. The lowest BCUT2D eigenvalue weighted by atomic mass is 10.1. The molecule has 0 bridgehead atoms. The van der Waals surface area contributed by atoms with Crippen molar-refractivity contribution < 1.29 is 13.9 Å². The molecule has 4 rings (SSSR count). The van der Waals surface area contributed by atoms with E-state index in [9.17, 15) is 13.9 Å². The van der Waals surface area contributed by atoms with E-state index in [2.05, 4.69) is 15.2 Å². The number of benzene rings is 1. The molecule has 3 aromatic heterocycles. The molecule has 24 heavy (non-hydrogen) atoms. The van der Waals surface area contributed by atoms with Crippen LogP contribution in [-0.4, -0.2) is 24.9 Å². The Morgan fingerprint density at radius 2 is 1.71 bits per heavy atom. The summed E-state index contributed by atoms with van der Waals surface area (Å²) in [7, 11) is 1.58. The molecule has 1 N–H and O–H groups in total. The van der Waals surface area contributed by atoms with Crippen LogP contribution in [0.25, 0.3) is 32.9 Å². The van der Waals surface area contributed by atoms with Gasteiger partial charge in [-0.3, -0.25) is 0 Å². The summed E-state index contributed by atoms with van der Waals surface area (Å²) in [5, 5.41) is 20.7.